The van der Waals surface area contributed by atoms with Crippen LogP contribution in [0.5, 0.6) is 0 Å². The summed E-state index contributed by atoms with van der Waals surface area (Å²) >= 11 is 5.95. The van der Waals surface area contributed by atoms with Gasteiger partial charge in [0.15, 0.2) is 0 Å². The molecule has 30 heavy (non-hydrogen) atoms. The summed E-state index contributed by atoms with van der Waals surface area (Å²) in [6.07, 6.45) is 3.73. The highest BCUT2D eigenvalue weighted by Crippen LogP contribution is 2.40. The zero-order chi connectivity index (χ0) is 20.8. The molecule has 4 rings (SSSR count). The average molecular weight is 498 g/mol. The topological polar surface area (TPSA) is 38.3 Å². The van der Waals surface area contributed by atoms with Crippen molar-refractivity contribution in [1.82, 2.24) is 0 Å². The number of piperidine rings is 1. The molecule has 2 aromatic carbocycles. The van der Waals surface area contributed by atoms with Crippen LogP contribution in [-0.4, -0.2) is 42.9 Å². The molecule has 2 aliphatic rings. The van der Waals surface area contributed by atoms with Crippen molar-refractivity contribution in [2.75, 3.05) is 19.4 Å². The molecule has 4 nitrogen and oxygen atoms in total. The van der Waals surface area contributed by atoms with Gasteiger partial charge in [-0.2, -0.15) is 0 Å². The minimum Gasteiger partial charge on any atom is -1.00 e. The Morgan fingerprint density at radius 1 is 1.13 bits per heavy atom. The Morgan fingerprint density at radius 3 is 2.43 bits per heavy atom. The summed E-state index contributed by atoms with van der Waals surface area (Å²) in [6, 6.07) is 11.4. The molecule has 1 amide bonds. The van der Waals surface area contributed by atoms with Crippen LogP contribution < -0.4 is 22.3 Å². The van der Waals surface area contributed by atoms with E-state index < -0.39 is 11.9 Å². The van der Waals surface area contributed by atoms with E-state index in [9.17, 15) is 9.18 Å². The highest BCUT2D eigenvalue weighted by Gasteiger charge is 2.49. The Balaban J connectivity index is 0.00000256. The molecule has 2 bridgehead atoms. The van der Waals surface area contributed by atoms with Crippen LogP contribution in [0.4, 0.5) is 14.9 Å². The van der Waals surface area contributed by atoms with Crippen LogP contribution in [0, 0.1) is 12.7 Å². The van der Waals surface area contributed by atoms with Gasteiger partial charge in [0.25, 0.3) is 0 Å². The minimum absolute atomic E-state index is 0. The smallest absolute Gasteiger partial charge is 0.411 e. The predicted octanol–water partition coefficient (Wildman–Crippen LogP) is 2.78. The van der Waals surface area contributed by atoms with Gasteiger partial charge in [-0.25, -0.2) is 9.18 Å². The maximum Gasteiger partial charge on any atom is 0.411 e. The minimum atomic E-state index is -0.468. The molecule has 7 heteroatoms. The number of nitrogens with one attached hydrogen (secondary N) is 1. The normalized spacial score (nSPS) is 24.1. The van der Waals surface area contributed by atoms with Crippen molar-refractivity contribution >= 4 is 23.4 Å². The third-order valence-electron chi connectivity index (χ3n) is 6.70. The number of carbonyl (C=O) groups excluding carboxylic acids is 1. The van der Waals surface area contributed by atoms with E-state index in [1.807, 2.05) is 25.1 Å². The molecule has 2 saturated heterocycles. The summed E-state index contributed by atoms with van der Waals surface area (Å²) in [5.41, 5.74) is 3.15. The summed E-state index contributed by atoms with van der Waals surface area (Å²) in [5.74, 6) is -0.468. The number of benzene rings is 2. The van der Waals surface area contributed by atoms with Gasteiger partial charge in [-0.15, -0.1) is 0 Å². The maximum atomic E-state index is 13.5. The fraction of sp³-hybridized carbons (Fsp3) is 0.435. The van der Waals surface area contributed by atoms with Crippen molar-refractivity contribution in [3.05, 3.63) is 52.8 Å². The van der Waals surface area contributed by atoms with Crippen LogP contribution >= 0.6 is 11.6 Å². The molecule has 0 aromatic heterocycles. The Labute approximate surface area is 192 Å². The van der Waals surface area contributed by atoms with E-state index in [4.69, 9.17) is 16.3 Å². The molecule has 3 atom stereocenters. The number of aryl methyl sites for hydroxylation is 1. The highest BCUT2D eigenvalue weighted by atomic mass is 79.9. The lowest BCUT2D eigenvalue weighted by atomic mass is 9.98. The van der Waals surface area contributed by atoms with Gasteiger partial charge in [-0.05, 0) is 36.2 Å². The number of hydrogen-bond acceptors (Lipinski definition) is 2. The van der Waals surface area contributed by atoms with Gasteiger partial charge in [-0.3, -0.25) is 5.32 Å². The number of nitrogens with zero attached hydrogens (tertiary/aromatic N) is 1. The van der Waals surface area contributed by atoms with Gasteiger partial charge < -0.3 is 26.2 Å². The highest BCUT2D eigenvalue weighted by molar-refractivity contribution is 6.31. The fourth-order valence-electron chi connectivity index (χ4n) is 4.89. The third-order valence-corrected chi connectivity index (χ3v) is 6.99. The van der Waals surface area contributed by atoms with Gasteiger partial charge >= 0.3 is 6.09 Å². The van der Waals surface area contributed by atoms with Crippen molar-refractivity contribution in [2.24, 2.45) is 0 Å². The number of rotatable bonds is 3. The number of halogens is 3. The molecule has 0 saturated carbocycles. The van der Waals surface area contributed by atoms with Gasteiger partial charge in [0.05, 0.1) is 36.9 Å². The van der Waals surface area contributed by atoms with Crippen molar-refractivity contribution < 1.29 is 35.4 Å². The summed E-state index contributed by atoms with van der Waals surface area (Å²) < 4.78 is 20.4. The van der Waals surface area contributed by atoms with Crippen LogP contribution in [0.25, 0.3) is 11.1 Å². The first-order valence-corrected chi connectivity index (χ1v) is 10.5. The average Bonchev–Trinajstić information content (AvgIpc) is 2.82. The lowest BCUT2D eigenvalue weighted by Crippen LogP contribution is -3.00. The summed E-state index contributed by atoms with van der Waals surface area (Å²) in [4.78, 5) is 12.7. The van der Waals surface area contributed by atoms with E-state index in [0.29, 0.717) is 17.8 Å². The molecular formula is C23H27BrClFN2O2. The Kier molecular flexibility index (Phi) is 6.80. The second-order valence-corrected chi connectivity index (χ2v) is 9.22. The molecule has 0 aliphatic carbocycles. The summed E-state index contributed by atoms with van der Waals surface area (Å²) in [7, 11) is 4.57. The largest absolute Gasteiger partial charge is 1.00 e. The molecule has 162 valence electrons. The molecule has 1 unspecified atom stereocenters. The monoisotopic (exact) mass is 496 g/mol. The van der Waals surface area contributed by atoms with Gasteiger partial charge in [0.2, 0.25) is 0 Å². The van der Waals surface area contributed by atoms with E-state index in [-0.39, 0.29) is 28.1 Å². The zero-order valence-corrected chi connectivity index (χ0v) is 19.8. The molecule has 2 fully saturated rings. The van der Waals surface area contributed by atoms with Gasteiger partial charge in [0, 0.05) is 31.2 Å². The second-order valence-electron chi connectivity index (χ2n) is 8.82. The first kappa shape index (κ1) is 23.0. The van der Waals surface area contributed by atoms with Crippen molar-refractivity contribution in [2.45, 2.75) is 50.8 Å². The number of hydrogen-bond donors (Lipinski definition) is 1. The van der Waals surface area contributed by atoms with Gasteiger partial charge in [-0.1, -0.05) is 29.8 Å². The molecule has 0 radical (unpaired) electrons. The first-order valence-electron chi connectivity index (χ1n) is 10.1. The molecule has 2 aromatic rings. The number of fused-ring (bicyclic) bond motifs is 2. The Morgan fingerprint density at radius 2 is 1.80 bits per heavy atom. The lowest BCUT2D eigenvalue weighted by Gasteiger charge is -2.43. The molecular weight excluding hydrogens is 471 g/mol. The molecule has 1 N–H and O–H groups in total. The van der Waals surface area contributed by atoms with Crippen LogP contribution in [0.15, 0.2) is 36.4 Å². The van der Waals surface area contributed by atoms with Crippen LogP contribution in [-0.2, 0) is 4.74 Å². The quantitative estimate of drug-likeness (QED) is 0.663. The Hall–Kier alpha value is -1.63. The maximum absolute atomic E-state index is 13.5. The standard InChI is InChI=1S/C23H26ClFN2O2.BrH/c1-14-4-8-19(15-5-9-21(25)20(24)11-15)22(10-14)26-23(28)29-18-12-16-6-7-17(13-18)27(16,2)3;/h4-5,8-11,16-18H,6-7,12-13H2,1-3H3;1H/t16-,17+,18?;. The summed E-state index contributed by atoms with van der Waals surface area (Å²) in [5, 5.41) is 2.95. The SMILES string of the molecule is Cc1ccc(-c2ccc(F)c(Cl)c2)c(NC(=O)OC2C[C@H]3CC[C@@H](C2)[N+]3(C)C)c1.[Br-]. The predicted molar refractivity (Wildman–Crippen MR) is 114 cm³/mol. The third kappa shape index (κ3) is 4.51. The zero-order valence-electron chi connectivity index (χ0n) is 17.4. The number of amides is 1. The number of carbonyl (C=O) groups is 1. The number of ether oxygens (including phenoxy) is 1. The molecule has 0 spiro atoms. The van der Waals surface area contributed by atoms with E-state index in [0.717, 1.165) is 34.0 Å². The summed E-state index contributed by atoms with van der Waals surface area (Å²) in [6.45, 7) is 1.96. The lowest BCUT2D eigenvalue weighted by molar-refractivity contribution is -0.931. The van der Waals surface area contributed by atoms with Gasteiger partial charge in [0.1, 0.15) is 11.9 Å². The second kappa shape index (κ2) is 8.85. The van der Waals surface area contributed by atoms with Crippen molar-refractivity contribution in [3.63, 3.8) is 0 Å². The number of quaternary nitrogens is 1. The fourth-order valence-corrected chi connectivity index (χ4v) is 5.08. The van der Waals surface area contributed by atoms with E-state index >= 15 is 0 Å². The van der Waals surface area contributed by atoms with Crippen LogP contribution in [0.2, 0.25) is 5.02 Å². The van der Waals surface area contributed by atoms with E-state index in [1.54, 1.807) is 12.1 Å². The van der Waals surface area contributed by atoms with Crippen molar-refractivity contribution in [3.8, 4) is 11.1 Å². The van der Waals surface area contributed by atoms with E-state index in [1.165, 1.54) is 18.9 Å². The van der Waals surface area contributed by atoms with Crippen molar-refractivity contribution in [1.29, 1.82) is 0 Å². The Bertz CT molecular complexity index is 937. The molecule has 2 heterocycles. The number of anilines is 1. The van der Waals surface area contributed by atoms with Crippen LogP contribution in [0.1, 0.15) is 31.2 Å². The van der Waals surface area contributed by atoms with Crippen LogP contribution in [0.3, 0.4) is 0 Å². The first-order chi connectivity index (χ1) is 13.7. The van der Waals surface area contributed by atoms with E-state index in [2.05, 4.69) is 19.4 Å². The molecule has 2 aliphatic heterocycles.